The Balaban J connectivity index is 3.04. The van der Waals surface area contributed by atoms with Gasteiger partial charge in [0.25, 0.3) is 0 Å². The zero-order valence-electron chi connectivity index (χ0n) is 13.8. The van der Waals surface area contributed by atoms with Crippen LogP contribution in [0.4, 0.5) is 8.78 Å². The Bertz CT molecular complexity index is 962. The van der Waals surface area contributed by atoms with Gasteiger partial charge in [0.2, 0.25) is 5.43 Å². The monoisotopic (exact) mass is 349 g/mol. The third kappa shape index (κ3) is 3.24. The van der Waals surface area contributed by atoms with Crippen LogP contribution in [0.15, 0.2) is 17.1 Å². The lowest BCUT2D eigenvalue weighted by Crippen LogP contribution is -2.20. The molecule has 126 valence electrons. The summed E-state index contributed by atoms with van der Waals surface area (Å²) in [6, 6.07) is 0.741. The van der Waals surface area contributed by atoms with Crippen LogP contribution in [0.1, 0.15) is 22.8 Å². The summed E-state index contributed by atoms with van der Waals surface area (Å²) >= 11 is 0. The number of carbonyl (C=O) groups is 1. The number of aryl methyl sites for hydroxylation is 1. The molecule has 0 atom stereocenters. The molecule has 7 heteroatoms. The average molecular weight is 349 g/mol. The van der Waals surface area contributed by atoms with E-state index in [9.17, 15) is 18.4 Å². The Kier molecular flexibility index (Phi) is 4.63. The maximum atomic E-state index is 14.3. The Hall–Kier alpha value is -2.46. The van der Waals surface area contributed by atoms with E-state index in [1.54, 1.807) is 6.92 Å². The molecule has 1 N–H and O–H groups in total. The van der Waals surface area contributed by atoms with Crippen LogP contribution in [0.2, 0.25) is 19.6 Å². The number of rotatable bonds is 2. The van der Waals surface area contributed by atoms with Crippen molar-refractivity contribution in [2.75, 3.05) is 0 Å². The maximum Gasteiger partial charge on any atom is 0.341 e. The van der Waals surface area contributed by atoms with Crippen LogP contribution in [0.3, 0.4) is 0 Å². The fourth-order valence-corrected chi connectivity index (χ4v) is 2.78. The summed E-state index contributed by atoms with van der Waals surface area (Å²) in [5.41, 5.74) is 1.54. The van der Waals surface area contributed by atoms with Gasteiger partial charge < -0.3 is 9.67 Å². The maximum absolute atomic E-state index is 14.3. The summed E-state index contributed by atoms with van der Waals surface area (Å²) in [4.78, 5) is 23.6. The molecule has 24 heavy (non-hydrogen) atoms. The van der Waals surface area contributed by atoms with Crippen molar-refractivity contribution in [3.05, 3.63) is 45.2 Å². The molecule has 2 rings (SSSR count). The highest BCUT2D eigenvalue weighted by molar-refractivity contribution is 6.83. The van der Waals surface area contributed by atoms with Crippen LogP contribution in [-0.2, 0) is 6.54 Å². The van der Waals surface area contributed by atoms with Gasteiger partial charge in [0.05, 0.1) is 16.5 Å². The Morgan fingerprint density at radius 1 is 1.33 bits per heavy atom. The van der Waals surface area contributed by atoms with Crippen LogP contribution < -0.4 is 5.43 Å². The van der Waals surface area contributed by atoms with E-state index in [1.807, 2.05) is 19.6 Å². The summed E-state index contributed by atoms with van der Waals surface area (Å²) in [6.45, 7) is 7.86. The van der Waals surface area contributed by atoms with E-state index in [0.717, 1.165) is 12.3 Å². The molecule has 0 aliphatic heterocycles. The topological polar surface area (TPSA) is 59.3 Å². The molecule has 1 aromatic heterocycles. The van der Waals surface area contributed by atoms with Crippen molar-refractivity contribution in [1.82, 2.24) is 4.57 Å². The molecule has 0 amide bonds. The summed E-state index contributed by atoms with van der Waals surface area (Å²) in [6.07, 6.45) is 1.14. The third-order valence-corrected chi connectivity index (χ3v) is 4.26. The zero-order chi connectivity index (χ0) is 18.2. The van der Waals surface area contributed by atoms with Crippen molar-refractivity contribution in [2.24, 2.45) is 0 Å². The molecule has 0 radical (unpaired) electrons. The molecular formula is C17H17F2NO3Si. The fraction of sp³-hybridized carbons (Fsp3) is 0.294. The molecule has 0 fully saturated rings. The Morgan fingerprint density at radius 2 is 1.96 bits per heavy atom. The van der Waals surface area contributed by atoms with Gasteiger partial charge in [-0.3, -0.25) is 4.79 Å². The number of nitrogens with zero attached hydrogens (tertiary/aromatic N) is 1. The lowest BCUT2D eigenvalue weighted by Gasteiger charge is -2.13. The van der Waals surface area contributed by atoms with Crippen molar-refractivity contribution >= 4 is 24.9 Å². The third-order valence-electron chi connectivity index (χ3n) is 3.39. The Labute approximate surface area is 138 Å². The number of halogens is 2. The van der Waals surface area contributed by atoms with Crippen LogP contribution >= 0.6 is 0 Å². The standard InChI is InChI=1S/C17H17F2NO3Si/c1-5-20-9-12(17(22)23)16(21)11-8-13(18)14(19)10(15(11)20)6-7-24(2,3)4/h8-9H,5H2,1-4H3,(H,22,23). The van der Waals surface area contributed by atoms with E-state index in [0.29, 0.717) is 0 Å². The highest BCUT2D eigenvalue weighted by Gasteiger charge is 2.21. The first-order valence-corrected chi connectivity index (χ1v) is 10.9. The van der Waals surface area contributed by atoms with Gasteiger partial charge in [-0.25, -0.2) is 13.6 Å². The quantitative estimate of drug-likeness (QED) is 0.669. The van der Waals surface area contributed by atoms with Gasteiger partial charge in [0.15, 0.2) is 11.6 Å². The normalized spacial score (nSPS) is 11.2. The summed E-state index contributed by atoms with van der Waals surface area (Å²) in [5.74, 6) is -1.08. The van der Waals surface area contributed by atoms with Crippen LogP contribution in [0.25, 0.3) is 10.9 Å². The smallest absolute Gasteiger partial charge is 0.341 e. The molecule has 4 nitrogen and oxygen atoms in total. The highest BCUT2D eigenvalue weighted by Crippen LogP contribution is 2.23. The molecule has 2 aromatic rings. The van der Waals surface area contributed by atoms with E-state index in [2.05, 4.69) is 11.5 Å². The number of carboxylic acid groups (broad SMARTS) is 1. The number of aromatic carboxylic acids is 1. The molecule has 0 unspecified atom stereocenters. The molecule has 0 saturated carbocycles. The van der Waals surface area contributed by atoms with E-state index in [-0.39, 0.29) is 23.0 Å². The second kappa shape index (κ2) is 6.21. The van der Waals surface area contributed by atoms with E-state index >= 15 is 0 Å². The van der Waals surface area contributed by atoms with Crippen molar-refractivity contribution in [1.29, 1.82) is 0 Å². The van der Waals surface area contributed by atoms with E-state index in [4.69, 9.17) is 5.11 Å². The fourth-order valence-electron chi connectivity index (χ4n) is 2.28. The highest BCUT2D eigenvalue weighted by atomic mass is 28.3. The summed E-state index contributed by atoms with van der Waals surface area (Å²) in [7, 11) is -1.87. The van der Waals surface area contributed by atoms with Crippen LogP contribution in [0, 0.1) is 23.1 Å². The van der Waals surface area contributed by atoms with Crippen molar-refractivity contribution < 1.29 is 18.7 Å². The number of carboxylic acids is 1. The molecule has 0 aliphatic rings. The van der Waals surface area contributed by atoms with Gasteiger partial charge in [-0.1, -0.05) is 25.6 Å². The number of fused-ring (bicyclic) bond motifs is 1. The van der Waals surface area contributed by atoms with Gasteiger partial charge in [-0.2, -0.15) is 0 Å². The van der Waals surface area contributed by atoms with Gasteiger partial charge in [-0.15, -0.1) is 5.54 Å². The van der Waals surface area contributed by atoms with Crippen molar-refractivity contribution in [2.45, 2.75) is 33.1 Å². The SMILES string of the molecule is CCn1cc(C(=O)O)c(=O)c2cc(F)c(F)c(C#C[Si](C)(C)C)c21. The molecule has 1 aromatic carbocycles. The molecule has 0 aliphatic carbocycles. The average Bonchev–Trinajstić information content (AvgIpc) is 2.47. The predicted molar refractivity (Wildman–Crippen MR) is 91.0 cm³/mol. The van der Waals surface area contributed by atoms with Crippen molar-refractivity contribution in [3.63, 3.8) is 0 Å². The minimum atomic E-state index is -1.87. The lowest BCUT2D eigenvalue weighted by atomic mass is 10.1. The number of benzene rings is 1. The second-order valence-corrected chi connectivity index (χ2v) is 11.2. The first-order valence-electron chi connectivity index (χ1n) is 7.38. The molecule has 0 saturated heterocycles. The number of hydrogen-bond donors (Lipinski definition) is 1. The van der Waals surface area contributed by atoms with Gasteiger partial charge in [-0.05, 0) is 13.0 Å². The number of hydrogen-bond acceptors (Lipinski definition) is 2. The largest absolute Gasteiger partial charge is 0.477 e. The van der Waals surface area contributed by atoms with Gasteiger partial charge in [0.1, 0.15) is 13.6 Å². The van der Waals surface area contributed by atoms with E-state index in [1.165, 1.54) is 4.57 Å². The lowest BCUT2D eigenvalue weighted by molar-refractivity contribution is 0.0695. The first-order chi connectivity index (χ1) is 11.1. The summed E-state index contributed by atoms with van der Waals surface area (Å²) < 4.78 is 29.7. The minimum Gasteiger partial charge on any atom is -0.477 e. The number of pyridine rings is 1. The second-order valence-electron chi connectivity index (χ2n) is 6.41. The summed E-state index contributed by atoms with van der Waals surface area (Å²) in [5, 5.41) is 8.96. The van der Waals surface area contributed by atoms with E-state index < -0.39 is 36.7 Å². The van der Waals surface area contributed by atoms with Crippen LogP contribution in [-0.4, -0.2) is 23.7 Å². The zero-order valence-corrected chi connectivity index (χ0v) is 14.8. The molecular weight excluding hydrogens is 332 g/mol. The van der Waals surface area contributed by atoms with Crippen LogP contribution in [0.5, 0.6) is 0 Å². The molecule has 0 bridgehead atoms. The van der Waals surface area contributed by atoms with Gasteiger partial charge in [0, 0.05) is 12.7 Å². The molecule has 1 heterocycles. The van der Waals surface area contributed by atoms with Gasteiger partial charge >= 0.3 is 5.97 Å². The number of aromatic nitrogens is 1. The minimum absolute atomic E-state index is 0.122. The van der Waals surface area contributed by atoms with Crippen molar-refractivity contribution in [3.8, 4) is 11.5 Å². The molecule has 0 spiro atoms. The predicted octanol–water partition coefficient (Wildman–Crippen LogP) is 3.23. The Morgan fingerprint density at radius 3 is 2.46 bits per heavy atom. The first kappa shape index (κ1) is 17.9.